The van der Waals surface area contributed by atoms with Gasteiger partial charge in [-0.05, 0) is 47.0 Å². The Morgan fingerprint density at radius 2 is 2.05 bits per heavy atom. The van der Waals surface area contributed by atoms with Crippen molar-refractivity contribution in [3.05, 3.63) is 40.4 Å². The molecule has 2 N–H and O–H groups in total. The summed E-state index contributed by atoms with van der Waals surface area (Å²) in [7, 11) is 0. The molecule has 1 heterocycles. The lowest BCUT2D eigenvalue weighted by Crippen LogP contribution is -2.00. The second-order valence-electron chi connectivity index (χ2n) is 4.44. The molecule has 0 radical (unpaired) electrons. The smallest absolute Gasteiger partial charge is 0.224 e. The van der Waals surface area contributed by atoms with Crippen molar-refractivity contribution in [2.24, 2.45) is 0 Å². The third kappa shape index (κ3) is 2.84. The summed E-state index contributed by atoms with van der Waals surface area (Å²) >= 11 is 3.11. The number of nitrogens with zero attached hydrogens (tertiary/aromatic N) is 2. The highest BCUT2D eigenvalue weighted by Crippen LogP contribution is 2.39. The minimum atomic E-state index is -0.340. The van der Waals surface area contributed by atoms with E-state index in [9.17, 15) is 4.39 Å². The van der Waals surface area contributed by atoms with Crippen molar-refractivity contribution in [3.8, 4) is 11.6 Å². The van der Waals surface area contributed by atoms with Crippen LogP contribution in [0, 0.1) is 5.82 Å². The van der Waals surface area contributed by atoms with Gasteiger partial charge in [0.25, 0.3) is 0 Å². The fourth-order valence-electron chi connectivity index (χ4n) is 1.70. The monoisotopic (exact) mass is 323 g/mol. The highest BCUT2D eigenvalue weighted by molar-refractivity contribution is 9.10. The van der Waals surface area contributed by atoms with Crippen LogP contribution in [0.15, 0.2) is 28.7 Å². The zero-order valence-electron chi connectivity index (χ0n) is 9.94. The lowest BCUT2D eigenvalue weighted by molar-refractivity contribution is 0.457. The van der Waals surface area contributed by atoms with Crippen LogP contribution in [0.3, 0.4) is 0 Å². The Balaban J connectivity index is 1.87. The standard InChI is InChI=1S/C13H11BrFN3O/c14-9-5-8(3-4-10(9)15)19-12-6-11(16)17-13(18-12)7-1-2-7/h3-7H,1-2H2,(H2,16,17,18). The summed E-state index contributed by atoms with van der Waals surface area (Å²) in [5.41, 5.74) is 5.73. The van der Waals surface area contributed by atoms with E-state index in [1.807, 2.05) is 0 Å². The molecule has 1 aromatic carbocycles. The summed E-state index contributed by atoms with van der Waals surface area (Å²) < 4.78 is 19.1. The molecule has 1 aromatic heterocycles. The summed E-state index contributed by atoms with van der Waals surface area (Å²) in [6.07, 6.45) is 2.18. The van der Waals surface area contributed by atoms with Crippen LogP contribution in [0.25, 0.3) is 0 Å². The first kappa shape index (κ1) is 12.3. The van der Waals surface area contributed by atoms with Crippen LogP contribution in [-0.2, 0) is 0 Å². The number of nitrogen functional groups attached to an aromatic ring is 1. The van der Waals surface area contributed by atoms with E-state index in [1.165, 1.54) is 12.1 Å². The van der Waals surface area contributed by atoms with Crippen molar-refractivity contribution in [1.29, 1.82) is 0 Å². The average molecular weight is 324 g/mol. The first-order valence-corrected chi connectivity index (χ1v) is 6.68. The molecule has 3 rings (SSSR count). The highest BCUT2D eigenvalue weighted by atomic mass is 79.9. The van der Waals surface area contributed by atoms with Gasteiger partial charge in [0.15, 0.2) is 0 Å². The fourth-order valence-corrected chi connectivity index (χ4v) is 2.06. The van der Waals surface area contributed by atoms with Gasteiger partial charge in [-0.1, -0.05) is 0 Å². The first-order valence-electron chi connectivity index (χ1n) is 5.89. The van der Waals surface area contributed by atoms with Gasteiger partial charge in [-0.15, -0.1) is 0 Å². The molecule has 0 aliphatic heterocycles. The maximum atomic E-state index is 13.1. The van der Waals surface area contributed by atoms with E-state index in [2.05, 4.69) is 25.9 Å². The number of benzene rings is 1. The molecule has 0 saturated heterocycles. The Kier molecular flexibility index (Phi) is 3.10. The molecular formula is C13H11BrFN3O. The minimum absolute atomic E-state index is 0.340. The van der Waals surface area contributed by atoms with E-state index in [0.717, 1.165) is 18.7 Å². The molecule has 2 aromatic rings. The zero-order valence-corrected chi connectivity index (χ0v) is 11.5. The highest BCUT2D eigenvalue weighted by Gasteiger charge is 2.27. The maximum Gasteiger partial charge on any atom is 0.224 e. The molecule has 4 nitrogen and oxygen atoms in total. The molecular weight excluding hydrogens is 313 g/mol. The molecule has 0 unspecified atom stereocenters. The minimum Gasteiger partial charge on any atom is -0.439 e. The summed E-state index contributed by atoms with van der Waals surface area (Å²) in [4.78, 5) is 8.51. The van der Waals surface area contributed by atoms with Crippen molar-refractivity contribution < 1.29 is 9.13 Å². The number of ether oxygens (including phenoxy) is 1. The Morgan fingerprint density at radius 3 is 2.74 bits per heavy atom. The second-order valence-corrected chi connectivity index (χ2v) is 5.30. The Labute approximate surface area is 118 Å². The van der Waals surface area contributed by atoms with Gasteiger partial charge in [0.2, 0.25) is 5.88 Å². The van der Waals surface area contributed by atoms with Crippen molar-refractivity contribution in [2.45, 2.75) is 18.8 Å². The van der Waals surface area contributed by atoms with Crippen LogP contribution in [0.4, 0.5) is 10.2 Å². The molecule has 1 saturated carbocycles. The molecule has 0 bridgehead atoms. The first-order chi connectivity index (χ1) is 9.11. The third-order valence-electron chi connectivity index (χ3n) is 2.80. The topological polar surface area (TPSA) is 61.0 Å². The SMILES string of the molecule is Nc1cc(Oc2ccc(F)c(Br)c2)nc(C2CC2)n1. The molecule has 6 heteroatoms. The van der Waals surface area contributed by atoms with E-state index < -0.39 is 0 Å². The Morgan fingerprint density at radius 1 is 1.26 bits per heavy atom. The molecule has 1 aliphatic rings. The molecule has 0 spiro atoms. The van der Waals surface area contributed by atoms with Crippen molar-refractivity contribution in [1.82, 2.24) is 9.97 Å². The molecule has 0 atom stereocenters. The lowest BCUT2D eigenvalue weighted by atomic mass is 10.3. The Bertz CT molecular complexity index is 631. The molecule has 19 heavy (non-hydrogen) atoms. The van der Waals surface area contributed by atoms with Crippen LogP contribution >= 0.6 is 15.9 Å². The third-order valence-corrected chi connectivity index (χ3v) is 3.40. The van der Waals surface area contributed by atoms with Gasteiger partial charge in [0.05, 0.1) is 4.47 Å². The quantitative estimate of drug-likeness (QED) is 0.936. The van der Waals surface area contributed by atoms with Crippen LogP contribution in [0.1, 0.15) is 24.6 Å². The van der Waals surface area contributed by atoms with E-state index in [1.54, 1.807) is 12.1 Å². The van der Waals surface area contributed by atoms with Gasteiger partial charge in [-0.3, -0.25) is 0 Å². The van der Waals surface area contributed by atoms with Crippen molar-refractivity contribution in [3.63, 3.8) is 0 Å². The van der Waals surface area contributed by atoms with Crippen LogP contribution in [0.2, 0.25) is 0 Å². The largest absolute Gasteiger partial charge is 0.439 e. The number of hydrogen-bond acceptors (Lipinski definition) is 4. The van der Waals surface area contributed by atoms with E-state index in [4.69, 9.17) is 10.5 Å². The number of aromatic nitrogens is 2. The van der Waals surface area contributed by atoms with Crippen molar-refractivity contribution >= 4 is 21.7 Å². The van der Waals surface area contributed by atoms with Gasteiger partial charge >= 0.3 is 0 Å². The van der Waals surface area contributed by atoms with Crippen LogP contribution in [0.5, 0.6) is 11.6 Å². The number of anilines is 1. The number of rotatable bonds is 3. The summed E-state index contributed by atoms with van der Waals surface area (Å²) in [6, 6.07) is 5.97. The lowest BCUT2D eigenvalue weighted by Gasteiger charge is -2.07. The maximum absolute atomic E-state index is 13.1. The molecule has 1 fully saturated rings. The fraction of sp³-hybridized carbons (Fsp3) is 0.231. The van der Waals surface area contributed by atoms with Gasteiger partial charge in [-0.25, -0.2) is 9.37 Å². The van der Waals surface area contributed by atoms with Crippen LogP contribution < -0.4 is 10.5 Å². The van der Waals surface area contributed by atoms with E-state index >= 15 is 0 Å². The summed E-state index contributed by atoms with van der Waals surface area (Å²) in [5.74, 6) is 2.03. The summed E-state index contributed by atoms with van der Waals surface area (Å²) in [6.45, 7) is 0. The molecule has 0 amide bonds. The Hall–Kier alpha value is -1.69. The van der Waals surface area contributed by atoms with Gasteiger partial charge < -0.3 is 10.5 Å². The van der Waals surface area contributed by atoms with Crippen LogP contribution in [-0.4, -0.2) is 9.97 Å². The number of nitrogens with two attached hydrogens (primary N) is 1. The zero-order chi connectivity index (χ0) is 13.4. The van der Waals surface area contributed by atoms with Gasteiger partial charge in [0.1, 0.15) is 23.2 Å². The van der Waals surface area contributed by atoms with Gasteiger partial charge in [0, 0.05) is 12.0 Å². The predicted molar refractivity (Wildman–Crippen MR) is 72.6 cm³/mol. The van der Waals surface area contributed by atoms with Crippen molar-refractivity contribution in [2.75, 3.05) is 5.73 Å². The molecule has 98 valence electrons. The average Bonchev–Trinajstić information content (AvgIpc) is 3.17. The summed E-state index contributed by atoms with van der Waals surface area (Å²) in [5, 5.41) is 0. The molecule has 1 aliphatic carbocycles. The van der Waals surface area contributed by atoms with Gasteiger partial charge in [-0.2, -0.15) is 4.98 Å². The van der Waals surface area contributed by atoms with E-state index in [-0.39, 0.29) is 5.82 Å². The normalized spacial score (nSPS) is 14.4. The second kappa shape index (κ2) is 4.77. The number of halogens is 2. The number of hydrogen-bond donors (Lipinski definition) is 1. The van der Waals surface area contributed by atoms with E-state index in [0.29, 0.717) is 27.8 Å². The predicted octanol–water partition coefficient (Wildman–Crippen LogP) is 3.63.